The Bertz CT molecular complexity index is 283. The van der Waals surface area contributed by atoms with Gasteiger partial charge in [-0.15, -0.1) is 0 Å². The van der Waals surface area contributed by atoms with Gasteiger partial charge in [-0.1, -0.05) is 32.6 Å². The van der Waals surface area contributed by atoms with Gasteiger partial charge in [-0.3, -0.25) is 9.59 Å². The highest BCUT2D eigenvalue weighted by atomic mass is 16.4. The molecule has 0 aromatic rings. The Balaban J connectivity index is 2.36. The zero-order chi connectivity index (χ0) is 13.5. The molecule has 0 aromatic heterocycles. The summed E-state index contributed by atoms with van der Waals surface area (Å²) in [5, 5.41) is 8.83. The molecule has 0 spiro atoms. The summed E-state index contributed by atoms with van der Waals surface area (Å²) in [6.45, 7) is 1.94. The summed E-state index contributed by atoms with van der Waals surface area (Å²) in [4.78, 5) is 24.3. The number of amides is 1. The Morgan fingerprint density at radius 1 is 1.22 bits per heavy atom. The predicted molar refractivity (Wildman–Crippen MR) is 70.2 cm³/mol. The fourth-order valence-electron chi connectivity index (χ4n) is 2.56. The van der Waals surface area contributed by atoms with E-state index in [0.717, 1.165) is 12.8 Å². The standard InChI is InChI=1S/C14H25NO3/c1-11(14(17)18)10-15(2)13(16)9-12-7-5-3-4-6-8-12/h11-12H,3-10H2,1-2H3,(H,17,18)/t11-/m1/s1. The Labute approximate surface area is 109 Å². The van der Waals surface area contributed by atoms with Crippen LogP contribution in [0.5, 0.6) is 0 Å². The number of carbonyl (C=O) groups excluding carboxylic acids is 1. The molecule has 0 bridgehead atoms. The van der Waals surface area contributed by atoms with Gasteiger partial charge >= 0.3 is 5.97 Å². The number of carboxylic acids is 1. The van der Waals surface area contributed by atoms with E-state index in [1.54, 1.807) is 18.9 Å². The molecule has 1 aliphatic carbocycles. The summed E-state index contributed by atoms with van der Waals surface area (Å²) in [7, 11) is 1.71. The monoisotopic (exact) mass is 255 g/mol. The molecule has 1 atom stereocenters. The second-order valence-electron chi connectivity index (χ2n) is 5.58. The van der Waals surface area contributed by atoms with Gasteiger partial charge in [0.1, 0.15) is 0 Å². The van der Waals surface area contributed by atoms with Gasteiger partial charge in [0.2, 0.25) is 5.91 Å². The maximum atomic E-state index is 12.0. The molecule has 1 rings (SSSR count). The first-order valence-corrected chi connectivity index (χ1v) is 6.97. The maximum Gasteiger partial charge on any atom is 0.308 e. The van der Waals surface area contributed by atoms with E-state index < -0.39 is 11.9 Å². The van der Waals surface area contributed by atoms with Crippen molar-refractivity contribution in [3.63, 3.8) is 0 Å². The van der Waals surface area contributed by atoms with Crippen LogP contribution < -0.4 is 0 Å². The van der Waals surface area contributed by atoms with Crippen molar-refractivity contribution in [2.45, 2.75) is 51.9 Å². The molecule has 0 saturated heterocycles. The lowest BCUT2D eigenvalue weighted by molar-refractivity contribution is -0.142. The molecule has 0 aliphatic heterocycles. The van der Waals surface area contributed by atoms with E-state index in [4.69, 9.17) is 5.11 Å². The maximum absolute atomic E-state index is 12.0. The Morgan fingerprint density at radius 3 is 2.28 bits per heavy atom. The Kier molecular flexibility index (Phi) is 6.16. The van der Waals surface area contributed by atoms with E-state index in [-0.39, 0.29) is 5.91 Å². The second-order valence-corrected chi connectivity index (χ2v) is 5.58. The smallest absolute Gasteiger partial charge is 0.308 e. The Hall–Kier alpha value is -1.06. The van der Waals surface area contributed by atoms with Gasteiger partial charge in [0.15, 0.2) is 0 Å². The topological polar surface area (TPSA) is 57.6 Å². The van der Waals surface area contributed by atoms with Crippen LogP contribution in [0.25, 0.3) is 0 Å². The molecule has 1 amide bonds. The van der Waals surface area contributed by atoms with Crippen LogP contribution in [-0.2, 0) is 9.59 Å². The molecule has 1 N–H and O–H groups in total. The van der Waals surface area contributed by atoms with Crippen LogP contribution in [0.1, 0.15) is 51.9 Å². The molecule has 104 valence electrons. The lowest BCUT2D eigenvalue weighted by Crippen LogP contribution is -2.34. The molecule has 0 aromatic carbocycles. The summed E-state index contributed by atoms with van der Waals surface area (Å²) in [5.41, 5.74) is 0. The first kappa shape index (κ1) is 15.0. The van der Waals surface area contributed by atoms with Crippen molar-refractivity contribution in [1.82, 2.24) is 4.90 Å². The molecular weight excluding hydrogens is 230 g/mol. The lowest BCUT2D eigenvalue weighted by atomic mass is 9.96. The highest BCUT2D eigenvalue weighted by Gasteiger charge is 2.21. The molecule has 0 unspecified atom stereocenters. The van der Waals surface area contributed by atoms with E-state index >= 15 is 0 Å². The number of nitrogens with zero attached hydrogens (tertiary/aromatic N) is 1. The molecule has 4 nitrogen and oxygen atoms in total. The van der Waals surface area contributed by atoms with Gasteiger partial charge in [-0.2, -0.15) is 0 Å². The van der Waals surface area contributed by atoms with Crippen molar-refractivity contribution in [2.75, 3.05) is 13.6 Å². The average Bonchev–Trinajstić information content (AvgIpc) is 2.57. The van der Waals surface area contributed by atoms with Gasteiger partial charge in [0.25, 0.3) is 0 Å². The van der Waals surface area contributed by atoms with E-state index in [9.17, 15) is 9.59 Å². The molecule has 0 radical (unpaired) electrons. The van der Waals surface area contributed by atoms with Gasteiger partial charge in [0.05, 0.1) is 5.92 Å². The van der Waals surface area contributed by atoms with Gasteiger partial charge in [-0.05, 0) is 18.8 Å². The van der Waals surface area contributed by atoms with Crippen molar-refractivity contribution in [3.8, 4) is 0 Å². The summed E-state index contributed by atoms with van der Waals surface area (Å²) in [6.07, 6.45) is 7.92. The van der Waals surface area contributed by atoms with E-state index in [0.29, 0.717) is 18.9 Å². The fraction of sp³-hybridized carbons (Fsp3) is 0.857. The normalized spacial score (nSPS) is 19.0. The average molecular weight is 255 g/mol. The number of hydrogen-bond acceptors (Lipinski definition) is 2. The van der Waals surface area contributed by atoms with Crippen molar-refractivity contribution >= 4 is 11.9 Å². The molecule has 18 heavy (non-hydrogen) atoms. The fourth-order valence-corrected chi connectivity index (χ4v) is 2.56. The number of carbonyl (C=O) groups is 2. The molecule has 1 saturated carbocycles. The third-order valence-corrected chi connectivity index (χ3v) is 3.83. The number of rotatable bonds is 5. The van der Waals surface area contributed by atoms with E-state index in [1.165, 1.54) is 25.7 Å². The van der Waals surface area contributed by atoms with Gasteiger partial charge in [0, 0.05) is 20.0 Å². The number of aliphatic carboxylic acids is 1. The van der Waals surface area contributed by atoms with E-state index in [1.807, 2.05) is 0 Å². The van der Waals surface area contributed by atoms with Crippen molar-refractivity contribution in [3.05, 3.63) is 0 Å². The second kappa shape index (κ2) is 7.39. The summed E-state index contributed by atoms with van der Waals surface area (Å²) in [6, 6.07) is 0. The lowest BCUT2D eigenvalue weighted by Gasteiger charge is -2.22. The van der Waals surface area contributed by atoms with Crippen LogP contribution in [0, 0.1) is 11.8 Å². The predicted octanol–water partition coefficient (Wildman–Crippen LogP) is 2.53. The highest BCUT2D eigenvalue weighted by Crippen LogP contribution is 2.25. The minimum Gasteiger partial charge on any atom is -0.481 e. The minimum atomic E-state index is -0.843. The minimum absolute atomic E-state index is 0.0926. The summed E-state index contributed by atoms with van der Waals surface area (Å²) in [5.74, 6) is -0.741. The quantitative estimate of drug-likeness (QED) is 0.768. The van der Waals surface area contributed by atoms with Crippen molar-refractivity contribution < 1.29 is 14.7 Å². The van der Waals surface area contributed by atoms with Crippen LogP contribution in [0.15, 0.2) is 0 Å². The molecule has 1 aliphatic rings. The third kappa shape index (κ3) is 5.07. The SMILES string of the molecule is C[C@H](CN(C)C(=O)CC1CCCCCC1)C(=O)O. The van der Waals surface area contributed by atoms with Gasteiger partial charge in [-0.25, -0.2) is 0 Å². The van der Waals surface area contributed by atoms with E-state index in [2.05, 4.69) is 0 Å². The molecule has 0 heterocycles. The first-order chi connectivity index (χ1) is 8.50. The first-order valence-electron chi connectivity index (χ1n) is 6.97. The summed E-state index contributed by atoms with van der Waals surface area (Å²) < 4.78 is 0. The third-order valence-electron chi connectivity index (χ3n) is 3.83. The highest BCUT2D eigenvalue weighted by molar-refractivity contribution is 5.77. The molecule has 4 heteroatoms. The molecular formula is C14H25NO3. The van der Waals surface area contributed by atoms with Crippen molar-refractivity contribution in [2.24, 2.45) is 11.8 Å². The van der Waals surface area contributed by atoms with Crippen molar-refractivity contribution in [1.29, 1.82) is 0 Å². The summed E-state index contributed by atoms with van der Waals surface area (Å²) >= 11 is 0. The molecule has 1 fully saturated rings. The Morgan fingerprint density at radius 2 is 1.78 bits per heavy atom. The number of carboxylic acid groups (broad SMARTS) is 1. The van der Waals surface area contributed by atoms with Crippen LogP contribution in [-0.4, -0.2) is 35.5 Å². The number of hydrogen-bond donors (Lipinski definition) is 1. The van der Waals surface area contributed by atoms with Gasteiger partial charge < -0.3 is 10.0 Å². The zero-order valence-corrected chi connectivity index (χ0v) is 11.5. The van der Waals surface area contributed by atoms with Crippen LogP contribution in [0.4, 0.5) is 0 Å². The zero-order valence-electron chi connectivity index (χ0n) is 11.5. The van der Waals surface area contributed by atoms with Crippen LogP contribution in [0.3, 0.4) is 0 Å². The van der Waals surface area contributed by atoms with Crippen LogP contribution >= 0.6 is 0 Å². The largest absolute Gasteiger partial charge is 0.481 e. The van der Waals surface area contributed by atoms with Crippen LogP contribution in [0.2, 0.25) is 0 Å².